The lowest BCUT2D eigenvalue weighted by atomic mass is 9.92. The summed E-state index contributed by atoms with van der Waals surface area (Å²) < 4.78 is 7.18. The van der Waals surface area contributed by atoms with Crippen LogP contribution in [0.4, 0.5) is 0 Å². The molecule has 5 nitrogen and oxygen atoms in total. The predicted octanol–water partition coefficient (Wildman–Crippen LogP) is 22.1. The summed E-state index contributed by atoms with van der Waals surface area (Å²) in [7, 11) is 0. The number of para-hydroxylation sites is 3. The zero-order valence-electron chi connectivity index (χ0n) is 46.3. The number of rotatable bonds is 6. The Morgan fingerprint density at radius 1 is 0.233 bits per heavy atom. The van der Waals surface area contributed by atoms with Crippen molar-refractivity contribution in [1.29, 1.82) is 0 Å². The maximum absolute atomic E-state index is 5.96. The zero-order valence-corrected chi connectivity index (χ0v) is 47.1. The normalized spacial score (nSPS) is 11.7. The van der Waals surface area contributed by atoms with Crippen LogP contribution in [0.2, 0.25) is 0 Å². The van der Waals surface area contributed by atoms with E-state index in [4.69, 9.17) is 19.4 Å². The topological polar surface area (TPSA) is 64.7 Å². The highest BCUT2D eigenvalue weighted by atomic mass is 32.1. The van der Waals surface area contributed by atoms with Crippen molar-refractivity contribution in [3.05, 3.63) is 291 Å². The number of nitrogens with zero attached hydrogens (tertiary/aromatic N) is 4. The molecule has 0 bridgehead atoms. The maximum atomic E-state index is 5.96. The molecule has 0 aliphatic heterocycles. The Bertz CT molecular complexity index is 5270. The van der Waals surface area contributed by atoms with Gasteiger partial charge in [0.25, 0.3) is 0 Å². The van der Waals surface area contributed by atoms with Gasteiger partial charge in [-0.05, 0) is 102 Å². The van der Waals surface area contributed by atoms with E-state index in [-0.39, 0.29) is 0 Å². The Hall–Kier alpha value is -11.2. The van der Waals surface area contributed by atoms with Gasteiger partial charge in [0.15, 0.2) is 5.58 Å². The highest BCUT2D eigenvalue weighted by Crippen LogP contribution is 2.44. The smallest absolute Gasteiger partial charge is 0.227 e. The van der Waals surface area contributed by atoms with Gasteiger partial charge in [0.05, 0.1) is 32.6 Å². The Kier molecular flexibility index (Phi) is 11.7. The number of fused-ring (bicyclic) bond motifs is 18. The molecule has 0 aliphatic rings. The average molecular weight is 1110 g/mol. The third-order valence-corrected chi connectivity index (χ3v) is 18.1. The summed E-state index contributed by atoms with van der Waals surface area (Å²) in [6.45, 7) is 0. The average Bonchev–Trinajstić information content (AvgIpc) is 1.10. The number of aromatic nitrogens is 4. The molecule has 0 spiro atoms. The van der Waals surface area contributed by atoms with Crippen LogP contribution in [0.3, 0.4) is 0 Å². The fourth-order valence-electron chi connectivity index (χ4n) is 12.9. The lowest BCUT2D eigenvalue weighted by molar-refractivity contribution is 0.620. The van der Waals surface area contributed by atoms with Gasteiger partial charge in [-0.3, -0.25) is 0 Å². The van der Waals surface area contributed by atoms with Gasteiger partial charge in [-0.25, -0.2) is 19.9 Å². The molecule has 0 aliphatic carbocycles. The molecule has 14 aromatic carbocycles. The standard InChI is InChI=1S/C40H24N2O.C40H24N2S/c2*1-3-11-31-29(9-1)30-10-2-5-13-33(30)39-37(31)32-12-4-6-14-34(32)38(42-39)27-21-17-25(18-22-27)26-19-23-28(24-20-26)40-41-35-15-7-8-16-36(35)43-40/h2*1-24H. The summed E-state index contributed by atoms with van der Waals surface area (Å²) in [5.74, 6) is 0.637. The summed E-state index contributed by atoms with van der Waals surface area (Å²) in [6.07, 6.45) is 0. The van der Waals surface area contributed by atoms with Gasteiger partial charge in [0.2, 0.25) is 5.89 Å². The molecule has 6 heteroatoms. The summed E-state index contributed by atoms with van der Waals surface area (Å²) in [5.41, 5.74) is 15.8. The van der Waals surface area contributed by atoms with E-state index in [0.717, 1.165) is 82.8 Å². The second-order valence-electron chi connectivity index (χ2n) is 21.9. The Labute approximate surface area is 498 Å². The van der Waals surface area contributed by atoms with Gasteiger partial charge in [0.1, 0.15) is 10.5 Å². The number of hydrogen-bond acceptors (Lipinski definition) is 6. The van der Waals surface area contributed by atoms with E-state index < -0.39 is 0 Å². The first-order chi connectivity index (χ1) is 42.6. The van der Waals surface area contributed by atoms with E-state index in [1.807, 2.05) is 30.3 Å². The fraction of sp³-hybridized carbons (Fsp3) is 0. The number of hydrogen-bond donors (Lipinski definition) is 0. The Balaban J connectivity index is 0.000000134. The van der Waals surface area contributed by atoms with E-state index >= 15 is 0 Å². The largest absolute Gasteiger partial charge is 0.436 e. The molecule has 18 aromatic rings. The summed E-state index contributed by atoms with van der Waals surface area (Å²) in [4.78, 5) is 20.3. The summed E-state index contributed by atoms with van der Waals surface area (Å²) in [5, 5.41) is 18.1. The molecule has 0 saturated heterocycles. The fourth-order valence-corrected chi connectivity index (χ4v) is 13.8. The summed E-state index contributed by atoms with van der Waals surface area (Å²) >= 11 is 1.74. The third kappa shape index (κ3) is 8.29. The highest BCUT2D eigenvalue weighted by molar-refractivity contribution is 7.21. The molecular formula is C80H48N4OS. The van der Waals surface area contributed by atoms with Gasteiger partial charge >= 0.3 is 0 Å². The first kappa shape index (κ1) is 49.4. The van der Waals surface area contributed by atoms with Crippen molar-refractivity contribution in [3.8, 4) is 66.8 Å². The zero-order chi connectivity index (χ0) is 56.7. The molecule has 0 atom stereocenters. The van der Waals surface area contributed by atoms with Crippen LogP contribution in [0.5, 0.6) is 0 Å². The summed E-state index contributed by atoms with van der Waals surface area (Å²) in [6, 6.07) is 103. The molecule has 0 amide bonds. The predicted molar refractivity (Wildman–Crippen MR) is 362 cm³/mol. The van der Waals surface area contributed by atoms with Gasteiger partial charge in [-0.1, -0.05) is 255 Å². The van der Waals surface area contributed by atoms with Crippen LogP contribution < -0.4 is 0 Å². The minimum atomic E-state index is 0.637. The van der Waals surface area contributed by atoms with Gasteiger partial charge < -0.3 is 4.42 Å². The van der Waals surface area contributed by atoms with Crippen molar-refractivity contribution in [3.63, 3.8) is 0 Å². The first-order valence-electron chi connectivity index (χ1n) is 29.0. The molecule has 0 radical (unpaired) electrons. The SMILES string of the molecule is c1ccc2oc(-c3ccc(-c4ccc(-c5nc6c7ccccc7c7ccccc7c6c6ccccc56)cc4)cc3)nc2c1.c1ccc2sc(-c3ccc(-c4ccc(-c5nc6c7ccccc7c7ccccc7c6c6ccccc56)cc4)cc3)nc2c1. The quantitative estimate of drug-likeness (QED) is 0.155. The van der Waals surface area contributed by atoms with Crippen LogP contribution in [-0.2, 0) is 0 Å². The van der Waals surface area contributed by atoms with E-state index in [1.165, 1.54) is 85.8 Å². The third-order valence-electron chi connectivity index (χ3n) is 17.0. The Morgan fingerprint density at radius 2 is 0.558 bits per heavy atom. The van der Waals surface area contributed by atoms with Gasteiger partial charge in [-0.2, -0.15) is 0 Å². The maximum Gasteiger partial charge on any atom is 0.227 e. The monoisotopic (exact) mass is 1110 g/mol. The number of thiazole rings is 1. The molecule has 400 valence electrons. The molecule has 0 saturated carbocycles. The van der Waals surface area contributed by atoms with E-state index in [1.54, 1.807) is 11.3 Å². The van der Waals surface area contributed by atoms with Crippen LogP contribution in [-0.4, -0.2) is 19.9 Å². The molecule has 18 rings (SSSR count). The van der Waals surface area contributed by atoms with Crippen LogP contribution in [0.25, 0.3) is 175 Å². The second kappa shape index (κ2) is 20.3. The van der Waals surface area contributed by atoms with Gasteiger partial charge in [-0.15, -0.1) is 11.3 Å². The van der Waals surface area contributed by atoms with Crippen molar-refractivity contribution in [2.45, 2.75) is 0 Å². The molecule has 0 unspecified atom stereocenters. The van der Waals surface area contributed by atoms with Gasteiger partial charge in [0, 0.05) is 54.6 Å². The van der Waals surface area contributed by atoms with Crippen molar-refractivity contribution >= 4 is 119 Å². The number of pyridine rings is 2. The van der Waals surface area contributed by atoms with Crippen LogP contribution in [0.15, 0.2) is 296 Å². The highest BCUT2D eigenvalue weighted by Gasteiger charge is 2.19. The van der Waals surface area contributed by atoms with Crippen molar-refractivity contribution < 1.29 is 4.42 Å². The minimum Gasteiger partial charge on any atom is -0.436 e. The van der Waals surface area contributed by atoms with Crippen molar-refractivity contribution in [2.24, 2.45) is 0 Å². The number of benzene rings is 14. The van der Waals surface area contributed by atoms with E-state index in [2.05, 4.69) is 266 Å². The second-order valence-corrected chi connectivity index (χ2v) is 23.0. The lowest BCUT2D eigenvalue weighted by Gasteiger charge is -2.15. The first-order valence-corrected chi connectivity index (χ1v) is 29.8. The van der Waals surface area contributed by atoms with Crippen molar-refractivity contribution in [1.82, 2.24) is 19.9 Å². The number of oxazole rings is 1. The molecule has 4 heterocycles. The van der Waals surface area contributed by atoms with Crippen LogP contribution in [0, 0.1) is 0 Å². The molecule has 0 fully saturated rings. The Morgan fingerprint density at radius 3 is 1.00 bits per heavy atom. The molecular weight excluding hydrogens is 1060 g/mol. The molecule has 4 aromatic heterocycles. The van der Waals surface area contributed by atoms with Crippen LogP contribution in [0.1, 0.15) is 0 Å². The van der Waals surface area contributed by atoms with Crippen LogP contribution >= 0.6 is 11.3 Å². The lowest BCUT2D eigenvalue weighted by Crippen LogP contribution is -1.92. The molecule has 0 N–H and O–H groups in total. The van der Waals surface area contributed by atoms with Crippen molar-refractivity contribution in [2.75, 3.05) is 0 Å². The van der Waals surface area contributed by atoms with E-state index in [9.17, 15) is 0 Å². The van der Waals surface area contributed by atoms with E-state index in [0.29, 0.717) is 5.89 Å². The minimum absolute atomic E-state index is 0.637. The molecule has 86 heavy (non-hydrogen) atoms.